The van der Waals surface area contributed by atoms with Gasteiger partial charge in [0.2, 0.25) is 0 Å². The van der Waals surface area contributed by atoms with E-state index in [2.05, 4.69) is 16.4 Å². The first-order chi connectivity index (χ1) is 14.6. The predicted octanol–water partition coefficient (Wildman–Crippen LogP) is 5.39. The van der Waals surface area contributed by atoms with Gasteiger partial charge < -0.3 is 15.0 Å². The topological polar surface area (TPSA) is 54.1 Å². The normalized spacial score (nSPS) is 10.9. The number of aromatic nitrogens is 1. The van der Waals surface area contributed by atoms with Crippen molar-refractivity contribution in [3.8, 4) is 5.75 Å². The number of rotatable bonds is 7. The third-order valence-corrected chi connectivity index (χ3v) is 5.45. The number of carbonyl (C=O) groups is 1. The highest BCUT2D eigenvalue weighted by Gasteiger charge is 2.09. The lowest BCUT2D eigenvalue weighted by Crippen LogP contribution is -2.25. The Bertz CT molecular complexity index is 1170. The molecule has 152 valence electrons. The second-order valence-corrected chi connectivity index (χ2v) is 7.63. The van der Waals surface area contributed by atoms with Gasteiger partial charge in [0.15, 0.2) is 0 Å². The molecular weight excluding hydrogens is 396 g/mol. The smallest absolute Gasteiger partial charge is 0.251 e. The van der Waals surface area contributed by atoms with E-state index in [1.807, 2.05) is 66.9 Å². The van der Waals surface area contributed by atoms with Gasteiger partial charge in [0, 0.05) is 40.7 Å². The van der Waals surface area contributed by atoms with Crippen LogP contribution in [0, 0.1) is 0 Å². The van der Waals surface area contributed by atoms with Crippen molar-refractivity contribution in [2.24, 2.45) is 0 Å². The molecule has 0 atom stereocenters. The minimum absolute atomic E-state index is 0.0725. The Morgan fingerprint density at radius 1 is 1.03 bits per heavy atom. The van der Waals surface area contributed by atoms with E-state index in [0.29, 0.717) is 17.1 Å². The molecular formula is C25H23ClN2O2. The molecule has 0 aliphatic rings. The Hall–Kier alpha value is -3.24. The van der Waals surface area contributed by atoms with E-state index in [-0.39, 0.29) is 5.91 Å². The fourth-order valence-corrected chi connectivity index (χ4v) is 3.79. The maximum atomic E-state index is 12.5. The van der Waals surface area contributed by atoms with Gasteiger partial charge in [-0.3, -0.25) is 4.79 Å². The van der Waals surface area contributed by atoms with Crippen molar-refractivity contribution in [3.63, 3.8) is 0 Å². The Kier molecular flexibility index (Phi) is 6.05. The average Bonchev–Trinajstić information content (AvgIpc) is 3.16. The van der Waals surface area contributed by atoms with Crippen molar-refractivity contribution in [2.45, 2.75) is 12.8 Å². The van der Waals surface area contributed by atoms with E-state index in [0.717, 1.165) is 46.2 Å². The number of carbonyl (C=O) groups excluding carboxylic acids is 1. The molecule has 0 saturated heterocycles. The molecule has 0 radical (unpaired) electrons. The number of methoxy groups -OCH3 is 1. The Labute approximate surface area is 180 Å². The van der Waals surface area contributed by atoms with Crippen molar-refractivity contribution in [1.82, 2.24) is 10.3 Å². The summed E-state index contributed by atoms with van der Waals surface area (Å²) < 4.78 is 5.41. The molecule has 2 N–H and O–H groups in total. The van der Waals surface area contributed by atoms with Crippen LogP contribution in [0.15, 0.2) is 72.9 Å². The van der Waals surface area contributed by atoms with E-state index < -0.39 is 0 Å². The molecule has 0 spiro atoms. The van der Waals surface area contributed by atoms with Crippen molar-refractivity contribution in [1.29, 1.82) is 0 Å². The van der Waals surface area contributed by atoms with Crippen molar-refractivity contribution in [3.05, 3.63) is 100 Å². The lowest BCUT2D eigenvalue weighted by Gasteiger charge is -2.09. The second-order valence-electron chi connectivity index (χ2n) is 7.20. The van der Waals surface area contributed by atoms with Crippen molar-refractivity contribution < 1.29 is 9.53 Å². The monoisotopic (exact) mass is 418 g/mol. The number of amides is 1. The van der Waals surface area contributed by atoms with Crippen LogP contribution in [0.1, 0.15) is 27.0 Å². The van der Waals surface area contributed by atoms with Gasteiger partial charge in [-0.2, -0.15) is 0 Å². The molecule has 3 aromatic carbocycles. The highest BCUT2D eigenvalue weighted by Crippen LogP contribution is 2.23. The van der Waals surface area contributed by atoms with Gasteiger partial charge in [0.05, 0.1) is 7.11 Å². The molecule has 1 amide bonds. The fraction of sp³-hybridized carbons (Fsp3) is 0.160. The van der Waals surface area contributed by atoms with Crippen molar-refractivity contribution in [2.75, 3.05) is 13.7 Å². The van der Waals surface area contributed by atoms with Gasteiger partial charge in [-0.25, -0.2) is 0 Å². The zero-order valence-electron chi connectivity index (χ0n) is 16.7. The minimum atomic E-state index is -0.0725. The largest absolute Gasteiger partial charge is 0.496 e. The molecule has 1 aromatic heterocycles. The summed E-state index contributed by atoms with van der Waals surface area (Å²) in [5.74, 6) is 0.801. The van der Waals surface area contributed by atoms with E-state index in [1.165, 1.54) is 0 Å². The second kappa shape index (κ2) is 9.06. The maximum absolute atomic E-state index is 12.5. The molecule has 0 aliphatic heterocycles. The molecule has 4 rings (SSSR count). The first-order valence-corrected chi connectivity index (χ1v) is 10.3. The van der Waals surface area contributed by atoms with Crippen LogP contribution in [0.25, 0.3) is 10.9 Å². The molecule has 0 aliphatic carbocycles. The number of para-hydroxylation sites is 1. The summed E-state index contributed by atoms with van der Waals surface area (Å²) in [4.78, 5) is 15.7. The number of fused-ring (bicyclic) bond motifs is 1. The summed E-state index contributed by atoms with van der Waals surface area (Å²) >= 11 is 6.10. The maximum Gasteiger partial charge on any atom is 0.251 e. The molecule has 0 saturated carbocycles. The zero-order valence-corrected chi connectivity index (χ0v) is 17.5. The predicted molar refractivity (Wildman–Crippen MR) is 122 cm³/mol. The van der Waals surface area contributed by atoms with Crippen LogP contribution in [-0.2, 0) is 12.8 Å². The molecule has 4 aromatic rings. The van der Waals surface area contributed by atoms with E-state index in [9.17, 15) is 4.79 Å². The van der Waals surface area contributed by atoms with E-state index >= 15 is 0 Å². The first kappa shape index (κ1) is 20.0. The van der Waals surface area contributed by atoms with Gasteiger partial charge in [0.1, 0.15) is 5.75 Å². The van der Waals surface area contributed by atoms with Gasteiger partial charge in [-0.15, -0.1) is 0 Å². The molecule has 0 fully saturated rings. The van der Waals surface area contributed by atoms with Crippen LogP contribution in [0.2, 0.25) is 5.02 Å². The number of benzene rings is 3. The van der Waals surface area contributed by atoms with Gasteiger partial charge in [-0.1, -0.05) is 41.9 Å². The summed E-state index contributed by atoms with van der Waals surface area (Å²) in [5.41, 5.74) is 5.09. The number of hydrogen-bond donors (Lipinski definition) is 2. The summed E-state index contributed by atoms with van der Waals surface area (Å²) in [7, 11) is 1.68. The summed E-state index contributed by atoms with van der Waals surface area (Å²) in [6, 6.07) is 21.5. The standard InChI is InChI=1S/C25H23ClN2O2/c1-30-24-5-3-2-4-19(24)14-17-6-8-18(9-7-17)25(29)27-13-12-20-16-28-23-11-10-21(26)15-22(20)23/h2-11,15-16,28H,12-14H2,1H3,(H,27,29). The number of aromatic amines is 1. The molecule has 4 nitrogen and oxygen atoms in total. The van der Waals surface area contributed by atoms with Crippen LogP contribution >= 0.6 is 11.6 Å². The first-order valence-electron chi connectivity index (χ1n) is 9.88. The lowest BCUT2D eigenvalue weighted by atomic mass is 10.0. The van der Waals surface area contributed by atoms with Gasteiger partial charge >= 0.3 is 0 Å². The highest BCUT2D eigenvalue weighted by atomic mass is 35.5. The third-order valence-electron chi connectivity index (χ3n) is 5.21. The van der Waals surface area contributed by atoms with Crippen LogP contribution < -0.4 is 10.1 Å². The lowest BCUT2D eigenvalue weighted by molar-refractivity contribution is 0.0954. The highest BCUT2D eigenvalue weighted by molar-refractivity contribution is 6.31. The quantitative estimate of drug-likeness (QED) is 0.422. The van der Waals surface area contributed by atoms with E-state index in [4.69, 9.17) is 16.3 Å². The van der Waals surface area contributed by atoms with Crippen LogP contribution in [-0.4, -0.2) is 24.5 Å². The molecule has 30 heavy (non-hydrogen) atoms. The fourth-order valence-electron chi connectivity index (χ4n) is 3.61. The SMILES string of the molecule is COc1ccccc1Cc1ccc(C(=O)NCCc2c[nH]c3ccc(Cl)cc23)cc1. The number of halogens is 1. The van der Waals surface area contributed by atoms with Crippen LogP contribution in [0.4, 0.5) is 0 Å². The van der Waals surface area contributed by atoms with E-state index in [1.54, 1.807) is 7.11 Å². The number of H-pyrrole nitrogens is 1. The van der Waals surface area contributed by atoms with Crippen LogP contribution in [0.5, 0.6) is 5.75 Å². The van der Waals surface area contributed by atoms with Gasteiger partial charge in [-0.05, 0) is 59.5 Å². The number of ether oxygens (including phenoxy) is 1. The number of nitrogens with one attached hydrogen (secondary N) is 2. The minimum Gasteiger partial charge on any atom is -0.496 e. The third kappa shape index (κ3) is 4.50. The summed E-state index contributed by atoms with van der Waals surface area (Å²) in [6.45, 7) is 0.557. The molecule has 5 heteroatoms. The number of hydrogen-bond acceptors (Lipinski definition) is 2. The zero-order chi connectivity index (χ0) is 20.9. The molecule has 1 heterocycles. The summed E-state index contributed by atoms with van der Waals surface area (Å²) in [6.07, 6.45) is 3.47. The Morgan fingerprint density at radius 2 is 1.83 bits per heavy atom. The summed E-state index contributed by atoms with van der Waals surface area (Å²) in [5, 5.41) is 4.80. The van der Waals surface area contributed by atoms with Crippen molar-refractivity contribution >= 4 is 28.4 Å². The molecule has 0 bridgehead atoms. The Balaban J connectivity index is 1.35. The Morgan fingerprint density at radius 3 is 2.63 bits per heavy atom. The van der Waals surface area contributed by atoms with Gasteiger partial charge in [0.25, 0.3) is 5.91 Å². The average molecular weight is 419 g/mol. The van der Waals surface area contributed by atoms with Crippen LogP contribution in [0.3, 0.4) is 0 Å². The molecule has 0 unspecified atom stereocenters.